The molecule has 0 spiro atoms. The average Bonchev–Trinajstić information content (AvgIpc) is 3.31. The Bertz CT molecular complexity index is 1190. The third kappa shape index (κ3) is 7.65. The van der Waals surface area contributed by atoms with Crippen molar-refractivity contribution >= 4 is 21.6 Å². The van der Waals surface area contributed by atoms with Crippen molar-refractivity contribution in [2.24, 2.45) is 5.92 Å². The second kappa shape index (κ2) is 12.7. The number of likely N-dealkylation sites (tertiary alicyclic amines) is 1. The van der Waals surface area contributed by atoms with Crippen LogP contribution in [0.3, 0.4) is 0 Å². The molecule has 1 unspecified atom stereocenters. The highest BCUT2D eigenvalue weighted by molar-refractivity contribution is 7.90. The van der Waals surface area contributed by atoms with Crippen LogP contribution >= 0.6 is 0 Å². The molecule has 0 saturated carbocycles. The van der Waals surface area contributed by atoms with Crippen LogP contribution in [0, 0.1) is 5.92 Å². The molecule has 2 atom stereocenters. The van der Waals surface area contributed by atoms with Crippen LogP contribution in [0.25, 0.3) is 0 Å². The number of carbonyl (C=O) groups is 1. The fourth-order valence-corrected chi connectivity index (χ4v) is 5.57. The van der Waals surface area contributed by atoms with E-state index in [4.69, 9.17) is 0 Å². The first kappa shape index (κ1) is 27.4. The Morgan fingerprint density at radius 1 is 1.14 bits per heavy atom. The summed E-state index contributed by atoms with van der Waals surface area (Å²) in [5.74, 6) is 0.243. The minimum atomic E-state index is -3.54. The number of rotatable bonds is 11. The molecule has 2 amide bonds. The van der Waals surface area contributed by atoms with Gasteiger partial charge in [0.2, 0.25) is 0 Å². The number of hydrogen-bond donors (Lipinski definition) is 3. The standard InChI is InChI=1S/C28H35N3O4S/c1-4-6-25(5-2)21(3)29-28(33)30-26-11-13-27(14-12-26)36(34,35)20-23-9-7-22(8-10-23)17-31-16-15-24(18-31)19-32/h4-14,21,24,32H,1-2,15-20H2,3H3,(H2,29,30,33)/b25-6+/t21-,24?/m0/s1. The molecule has 36 heavy (non-hydrogen) atoms. The van der Waals surface area contributed by atoms with E-state index in [0.29, 0.717) is 11.6 Å². The predicted molar refractivity (Wildman–Crippen MR) is 144 cm³/mol. The van der Waals surface area contributed by atoms with Gasteiger partial charge in [-0.1, -0.05) is 55.7 Å². The molecule has 2 aromatic carbocycles. The number of carbonyl (C=O) groups excluding carboxylic acids is 1. The second-order valence-electron chi connectivity index (χ2n) is 9.10. The molecule has 0 bridgehead atoms. The molecular weight excluding hydrogens is 474 g/mol. The second-order valence-corrected chi connectivity index (χ2v) is 11.1. The lowest BCUT2D eigenvalue weighted by atomic mass is 10.1. The van der Waals surface area contributed by atoms with Gasteiger partial charge in [-0.2, -0.15) is 0 Å². The first-order valence-corrected chi connectivity index (χ1v) is 13.7. The van der Waals surface area contributed by atoms with Crippen LogP contribution in [-0.4, -0.2) is 50.2 Å². The minimum Gasteiger partial charge on any atom is -0.396 e. The summed E-state index contributed by atoms with van der Waals surface area (Å²) in [6, 6.07) is 13.1. The van der Waals surface area contributed by atoms with E-state index in [9.17, 15) is 18.3 Å². The number of nitrogens with one attached hydrogen (secondary N) is 2. The average molecular weight is 510 g/mol. The van der Waals surface area contributed by atoms with Crippen molar-refractivity contribution in [3.05, 3.63) is 96.6 Å². The Balaban J connectivity index is 1.56. The summed E-state index contributed by atoms with van der Waals surface area (Å²) in [6.07, 6.45) is 6.06. The minimum absolute atomic E-state index is 0.103. The quantitative estimate of drug-likeness (QED) is 0.393. The Hall–Kier alpha value is -3.20. The van der Waals surface area contributed by atoms with Gasteiger partial charge in [-0.15, -0.1) is 0 Å². The highest BCUT2D eigenvalue weighted by Gasteiger charge is 2.22. The van der Waals surface area contributed by atoms with Crippen molar-refractivity contribution in [3.8, 4) is 0 Å². The zero-order valence-corrected chi connectivity index (χ0v) is 21.5. The van der Waals surface area contributed by atoms with Gasteiger partial charge in [0.05, 0.1) is 16.7 Å². The Morgan fingerprint density at radius 2 is 1.81 bits per heavy atom. The Labute approximate surface area is 214 Å². The molecule has 3 N–H and O–H groups in total. The highest BCUT2D eigenvalue weighted by atomic mass is 32.2. The maximum atomic E-state index is 12.9. The summed E-state index contributed by atoms with van der Waals surface area (Å²) in [6.45, 7) is 12.1. The predicted octanol–water partition coefficient (Wildman–Crippen LogP) is 4.28. The number of hydrogen-bond acceptors (Lipinski definition) is 5. The fraction of sp³-hybridized carbons (Fsp3) is 0.321. The van der Waals surface area contributed by atoms with Crippen molar-refractivity contribution in [2.45, 2.75) is 36.6 Å². The Kier molecular flexibility index (Phi) is 9.64. The number of aliphatic hydroxyl groups is 1. The molecule has 1 fully saturated rings. The normalized spacial score (nSPS) is 17.4. The van der Waals surface area contributed by atoms with E-state index < -0.39 is 15.9 Å². The monoisotopic (exact) mass is 509 g/mol. The van der Waals surface area contributed by atoms with Crippen LogP contribution in [-0.2, 0) is 22.1 Å². The molecule has 0 aliphatic carbocycles. The van der Waals surface area contributed by atoms with E-state index in [0.717, 1.165) is 42.8 Å². The van der Waals surface area contributed by atoms with Crippen LogP contribution in [0.5, 0.6) is 0 Å². The molecule has 192 valence electrons. The van der Waals surface area contributed by atoms with Crippen molar-refractivity contribution in [1.82, 2.24) is 10.2 Å². The van der Waals surface area contributed by atoms with Crippen molar-refractivity contribution < 1.29 is 18.3 Å². The largest absolute Gasteiger partial charge is 0.396 e. The van der Waals surface area contributed by atoms with Crippen molar-refractivity contribution in [3.63, 3.8) is 0 Å². The number of urea groups is 1. The third-order valence-electron chi connectivity index (χ3n) is 6.28. The van der Waals surface area contributed by atoms with Crippen LogP contribution < -0.4 is 10.6 Å². The van der Waals surface area contributed by atoms with E-state index in [1.54, 1.807) is 30.4 Å². The van der Waals surface area contributed by atoms with Gasteiger partial charge in [0, 0.05) is 25.4 Å². The maximum Gasteiger partial charge on any atom is 0.319 e. The highest BCUT2D eigenvalue weighted by Crippen LogP contribution is 2.21. The van der Waals surface area contributed by atoms with Gasteiger partial charge in [-0.25, -0.2) is 13.2 Å². The van der Waals surface area contributed by atoms with Crippen LogP contribution in [0.2, 0.25) is 0 Å². The number of amides is 2. The maximum absolute atomic E-state index is 12.9. The van der Waals surface area contributed by atoms with E-state index >= 15 is 0 Å². The van der Waals surface area contributed by atoms with Gasteiger partial charge < -0.3 is 15.7 Å². The van der Waals surface area contributed by atoms with Crippen molar-refractivity contribution in [1.29, 1.82) is 0 Å². The third-order valence-corrected chi connectivity index (χ3v) is 7.98. The first-order chi connectivity index (χ1) is 17.2. The number of anilines is 1. The molecule has 1 aliphatic heterocycles. The molecule has 1 aliphatic rings. The van der Waals surface area contributed by atoms with Gasteiger partial charge in [0.1, 0.15) is 0 Å². The van der Waals surface area contributed by atoms with Gasteiger partial charge in [0.25, 0.3) is 0 Å². The van der Waals surface area contributed by atoms with Gasteiger partial charge >= 0.3 is 6.03 Å². The lowest BCUT2D eigenvalue weighted by Crippen LogP contribution is -2.36. The van der Waals surface area contributed by atoms with Gasteiger partial charge in [-0.3, -0.25) is 4.90 Å². The molecule has 3 rings (SSSR count). The van der Waals surface area contributed by atoms with Crippen molar-refractivity contribution in [2.75, 3.05) is 25.0 Å². The van der Waals surface area contributed by atoms with E-state index in [2.05, 4.69) is 28.7 Å². The number of sulfone groups is 1. The number of nitrogens with zero attached hydrogens (tertiary/aromatic N) is 1. The summed E-state index contributed by atoms with van der Waals surface area (Å²) >= 11 is 0. The topological polar surface area (TPSA) is 98.7 Å². The zero-order valence-electron chi connectivity index (χ0n) is 20.7. The van der Waals surface area contributed by atoms with E-state index in [-0.39, 0.29) is 23.3 Å². The molecule has 8 heteroatoms. The SMILES string of the molecule is C=C/C=C(\C=C)[C@H](C)NC(=O)Nc1ccc(S(=O)(=O)Cc2ccc(CN3CCC(CO)C3)cc2)cc1. The summed E-state index contributed by atoms with van der Waals surface area (Å²) < 4.78 is 25.9. The zero-order chi connectivity index (χ0) is 26.1. The summed E-state index contributed by atoms with van der Waals surface area (Å²) in [5, 5.41) is 14.8. The molecule has 0 radical (unpaired) electrons. The summed E-state index contributed by atoms with van der Waals surface area (Å²) in [4.78, 5) is 14.8. The molecule has 1 saturated heterocycles. The lowest BCUT2D eigenvalue weighted by molar-refractivity contribution is 0.220. The summed E-state index contributed by atoms with van der Waals surface area (Å²) in [7, 11) is -3.54. The Morgan fingerprint density at radius 3 is 2.39 bits per heavy atom. The first-order valence-electron chi connectivity index (χ1n) is 12.0. The molecule has 0 aromatic heterocycles. The van der Waals surface area contributed by atoms with Gasteiger partial charge in [0.15, 0.2) is 9.84 Å². The lowest BCUT2D eigenvalue weighted by Gasteiger charge is -2.16. The molecule has 2 aromatic rings. The van der Waals surface area contributed by atoms with Crippen LogP contribution in [0.4, 0.5) is 10.5 Å². The summed E-state index contributed by atoms with van der Waals surface area (Å²) in [5.41, 5.74) is 3.15. The number of benzene rings is 2. The van der Waals surface area contributed by atoms with Gasteiger partial charge in [-0.05, 0) is 66.8 Å². The van der Waals surface area contributed by atoms with Crippen LogP contribution in [0.1, 0.15) is 24.5 Å². The smallest absolute Gasteiger partial charge is 0.319 e. The molecular formula is C28H35N3O4S. The van der Waals surface area contributed by atoms with E-state index in [1.165, 1.54) is 12.1 Å². The number of aliphatic hydroxyl groups excluding tert-OH is 1. The van der Waals surface area contributed by atoms with Crippen LogP contribution in [0.15, 0.2) is 90.4 Å². The van der Waals surface area contributed by atoms with E-state index in [1.807, 2.05) is 31.2 Å². The fourth-order valence-electron chi connectivity index (χ4n) is 4.23. The molecule has 1 heterocycles. The molecule has 7 nitrogen and oxygen atoms in total. The number of allylic oxidation sites excluding steroid dienone is 2.